The van der Waals surface area contributed by atoms with Crippen LogP contribution in [0.5, 0.6) is 5.75 Å². The van der Waals surface area contributed by atoms with Crippen molar-refractivity contribution >= 4 is 38.5 Å². The molecular weight excluding hydrogens is 480 g/mol. The number of hydrogen-bond donors (Lipinski definition) is 1. The Morgan fingerprint density at radius 3 is 2.36 bits per heavy atom. The quantitative estimate of drug-likeness (QED) is 0.443. The number of carbonyl (C=O) groups is 2. The number of halogens is 1. The average Bonchev–Trinajstić information content (AvgIpc) is 2.78. The molecule has 33 heavy (non-hydrogen) atoms. The highest BCUT2D eigenvalue weighted by Crippen LogP contribution is 2.33. The lowest BCUT2D eigenvalue weighted by Crippen LogP contribution is -2.53. The molecule has 3 aromatic rings. The molecule has 3 rings (SSSR count). The molecule has 6 heteroatoms. The van der Waals surface area contributed by atoms with Crippen LogP contribution in [0.15, 0.2) is 71.2 Å². The molecule has 3 aromatic carbocycles. The Balaban J connectivity index is 1.75. The first kappa shape index (κ1) is 24.8. The van der Waals surface area contributed by atoms with Crippen LogP contribution in [-0.4, -0.2) is 41.4 Å². The van der Waals surface area contributed by atoms with Crippen molar-refractivity contribution in [2.24, 2.45) is 0 Å². The summed E-state index contributed by atoms with van der Waals surface area (Å²) >= 11 is 3.60. The summed E-state index contributed by atoms with van der Waals surface area (Å²) in [5.74, 6) is 0.176. The van der Waals surface area contributed by atoms with E-state index in [1.807, 2.05) is 87.5 Å². The van der Waals surface area contributed by atoms with Gasteiger partial charge in [0.15, 0.2) is 6.61 Å². The first-order valence-corrected chi connectivity index (χ1v) is 11.9. The Kier molecular flexibility index (Phi) is 8.14. The van der Waals surface area contributed by atoms with E-state index in [0.29, 0.717) is 18.7 Å². The first-order valence-electron chi connectivity index (χ1n) is 11.1. The van der Waals surface area contributed by atoms with Gasteiger partial charge in [-0.25, -0.2) is 0 Å². The molecule has 0 bridgehead atoms. The molecule has 0 saturated carbocycles. The minimum absolute atomic E-state index is 0.154. The van der Waals surface area contributed by atoms with Crippen molar-refractivity contribution in [1.82, 2.24) is 10.2 Å². The minimum Gasteiger partial charge on any atom is -0.483 e. The van der Waals surface area contributed by atoms with Crippen molar-refractivity contribution < 1.29 is 14.3 Å². The van der Waals surface area contributed by atoms with Gasteiger partial charge in [0.1, 0.15) is 11.8 Å². The Hall–Kier alpha value is -2.86. The number of ether oxygens (including phenoxy) is 1. The predicted molar refractivity (Wildman–Crippen MR) is 136 cm³/mol. The van der Waals surface area contributed by atoms with E-state index in [0.717, 1.165) is 20.8 Å². The molecule has 5 nitrogen and oxygen atoms in total. The van der Waals surface area contributed by atoms with Crippen LogP contribution in [0.3, 0.4) is 0 Å². The summed E-state index contributed by atoms with van der Waals surface area (Å²) in [5.41, 5.74) is 0.725. The van der Waals surface area contributed by atoms with Crippen molar-refractivity contribution in [3.8, 4) is 5.75 Å². The zero-order chi connectivity index (χ0) is 24.0. The van der Waals surface area contributed by atoms with Crippen molar-refractivity contribution in [3.05, 3.63) is 76.8 Å². The topological polar surface area (TPSA) is 58.6 Å². The molecule has 0 saturated heterocycles. The van der Waals surface area contributed by atoms with E-state index in [4.69, 9.17) is 4.74 Å². The molecule has 2 amide bonds. The summed E-state index contributed by atoms with van der Waals surface area (Å²) in [6, 6.07) is 21.1. The molecule has 0 spiro atoms. The predicted octanol–water partition coefficient (Wildman–Crippen LogP) is 5.36. The van der Waals surface area contributed by atoms with E-state index in [9.17, 15) is 9.59 Å². The number of amides is 2. The largest absolute Gasteiger partial charge is 0.483 e. The van der Waals surface area contributed by atoms with Crippen LogP contribution in [0.2, 0.25) is 0 Å². The van der Waals surface area contributed by atoms with Crippen LogP contribution in [0.4, 0.5) is 0 Å². The van der Waals surface area contributed by atoms with Gasteiger partial charge in [0.2, 0.25) is 5.91 Å². The SMILES string of the molecule is C[C@H](C(=O)NC(C)(C)C)N(CCc1ccccc1)C(=O)COc1ccc2ccccc2c1Br. The van der Waals surface area contributed by atoms with E-state index in [1.165, 1.54) is 0 Å². The molecular formula is C27H31BrN2O3. The second-order valence-corrected chi connectivity index (χ2v) is 9.92. The number of fused-ring (bicyclic) bond motifs is 1. The van der Waals surface area contributed by atoms with Gasteiger partial charge in [-0.1, -0.05) is 60.7 Å². The van der Waals surface area contributed by atoms with Crippen molar-refractivity contribution in [3.63, 3.8) is 0 Å². The van der Waals surface area contributed by atoms with Gasteiger partial charge in [-0.2, -0.15) is 0 Å². The summed E-state index contributed by atoms with van der Waals surface area (Å²) in [6.07, 6.45) is 0.652. The molecule has 0 aliphatic carbocycles. The fourth-order valence-corrected chi connectivity index (χ4v) is 4.20. The van der Waals surface area contributed by atoms with Crippen LogP contribution < -0.4 is 10.1 Å². The second kappa shape index (κ2) is 10.8. The molecule has 0 radical (unpaired) electrons. The van der Waals surface area contributed by atoms with Crippen molar-refractivity contribution in [1.29, 1.82) is 0 Å². The lowest BCUT2D eigenvalue weighted by molar-refractivity contribution is -0.142. The van der Waals surface area contributed by atoms with Gasteiger partial charge in [0.05, 0.1) is 4.47 Å². The van der Waals surface area contributed by atoms with Gasteiger partial charge >= 0.3 is 0 Å². The number of hydrogen-bond acceptors (Lipinski definition) is 3. The molecule has 0 fully saturated rings. The second-order valence-electron chi connectivity index (χ2n) is 9.13. The molecule has 0 aliphatic heterocycles. The summed E-state index contributed by atoms with van der Waals surface area (Å²) in [5, 5.41) is 5.07. The lowest BCUT2D eigenvalue weighted by Gasteiger charge is -2.31. The van der Waals surface area contributed by atoms with E-state index >= 15 is 0 Å². The van der Waals surface area contributed by atoms with E-state index < -0.39 is 6.04 Å². The third kappa shape index (κ3) is 6.81. The summed E-state index contributed by atoms with van der Waals surface area (Å²) < 4.78 is 6.71. The van der Waals surface area contributed by atoms with Gasteiger partial charge in [-0.05, 0) is 72.4 Å². The molecule has 174 valence electrons. The Morgan fingerprint density at radius 1 is 1.00 bits per heavy atom. The molecule has 1 N–H and O–H groups in total. The van der Waals surface area contributed by atoms with E-state index in [-0.39, 0.29) is 24.0 Å². The molecule has 0 unspecified atom stereocenters. The number of rotatable bonds is 8. The molecule has 0 heterocycles. The highest BCUT2D eigenvalue weighted by molar-refractivity contribution is 9.10. The maximum Gasteiger partial charge on any atom is 0.261 e. The highest BCUT2D eigenvalue weighted by Gasteiger charge is 2.28. The monoisotopic (exact) mass is 510 g/mol. The van der Waals surface area contributed by atoms with Gasteiger partial charge < -0.3 is 15.0 Å². The highest BCUT2D eigenvalue weighted by atomic mass is 79.9. The molecule has 1 atom stereocenters. The van der Waals surface area contributed by atoms with Crippen molar-refractivity contribution in [2.45, 2.75) is 45.7 Å². The van der Waals surface area contributed by atoms with Crippen LogP contribution in [0, 0.1) is 0 Å². The summed E-state index contributed by atoms with van der Waals surface area (Å²) in [4.78, 5) is 27.7. The minimum atomic E-state index is -0.621. The fraction of sp³-hybridized carbons (Fsp3) is 0.333. The lowest BCUT2D eigenvalue weighted by atomic mass is 10.1. The Labute approximate surface area is 204 Å². The van der Waals surface area contributed by atoms with Crippen LogP contribution in [-0.2, 0) is 16.0 Å². The van der Waals surface area contributed by atoms with Crippen LogP contribution in [0.1, 0.15) is 33.3 Å². The average molecular weight is 511 g/mol. The maximum absolute atomic E-state index is 13.2. The Morgan fingerprint density at radius 2 is 1.67 bits per heavy atom. The third-order valence-corrected chi connectivity index (χ3v) is 6.15. The fourth-order valence-electron chi connectivity index (χ4n) is 3.59. The first-order chi connectivity index (χ1) is 15.7. The summed E-state index contributed by atoms with van der Waals surface area (Å²) in [6.45, 7) is 7.80. The molecule has 0 aliphatic rings. The smallest absolute Gasteiger partial charge is 0.261 e. The van der Waals surface area contributed by atoms with Gasteiger partial charge in [-0.15, -0.1) is 0 Å². The van der Waals surface area contributed by atoms with Gasteiger partial charge in [0, 0.05) is 12.1 Å². The maximum atomic E-state index is 13.2. The van der Waals surface area contributed by atoms with E-state index in [2.05, 4.69) is 21.2 Å². The number of nitrogens with one attached hydrogen (secondary N) is 1. The van der Waals surface area contributed by atoms with Crippen molar-refractivity contribution in [2.75, 3.05) is 13.2 Å². The van der Waals surface area contributed by atoms with Gasteiger partial charge in [-0.3, -0.25) is 9.59 Å². The number of benzene rings is 3. The number of nitrogens with zero attached hydrogens (tertiary/aromatic N) is 1. The standard InChI is InChI=1S/C27H31BrN2O3/c1-19(26(32)29-27(2,3)4)30(17-16-20-10-6-5-7-11-20)24(31)18-33-23-15-14-21-12-8-9-13-22(21)25(23)28/h5-15,19H,16-18H2,1-4H3,(H,29,32)/t19-/m1/s1. The molecule has 0 aromatic heterocycles. The van der Waals surface area contributed by atoms with Crippen LogP contribution >= 0.6 is 15.9 Å². The third-order valence-electron chi connectivity index (χ3n) is 5.33. The van der Waals surface area contributed by atoms with Gasteiger partial charge in [0.25, 0.3) is 5.91 Å². The van der Waals surface area contributed by atoms with E-state index in [1.54, 1.807) is 11.8 Å². The zero-order valence-corrected chi connectivity index (χ0v) is 21.2. The summed E-state index contributed by atoms with van der Waals surface area (Å²) in [7, 11) is 0. The normalized spacial score (nSPS) is 12.3. The Bertz CT molecular complexity index is 1110. The number of carbonyl (C=O) groups excluding carboxylic acids is 2. The zero-order valence-electron chi connectivity index (χ0n) is 19.6. The van der Waals surface area contributed by atoms with Crippen LogP contribution in [0.25, 0.3) is 10.8 Å².